The molecule has 0 aromatic rings. The molecule has 4 rings (SSSR count). The third-order valence-electron chi connectivity index (χ3n) is 10.1. The minimum absolute atomic E-state index is 0.234. The molecule has 1 N–H and O–H groups in total. The van der Waals surface area contributed by atoms with E-state index in [9.17, 15) is 9.90 Å². The van der Waals surface area contributed by atoms with Gasteiger partial charge in [0, 0.05) is 0 Å². The minimum Gasteiger partial charge on any atom is -0.393 e. The topological polar surface area (TPSA) is 37.3 Å². The second kappa shape index (κ2) is 8.13. The van der Waals surface area contributed by atoms with Crippen LogP contribution in [0.5, 0.6) is 0 Å². The highest BCUT2D eigenvalue weighted by atomic mass is 16.3. The average molecular weight is 401 g/mol. The number of fused-ring (bicyclic) bond motifs is 5. The molecular formula is C27H44O2. The minimum atomic E-state index is -0.246. The summed E-state index contributed by atoms with van der Waals surface area (Å²) in [7, 11) is 0. The van der Waals surface area contributed by atoms with E-state index in [0.717, 1.165) is 49.4 Å². The van der Waals surface area contributed by atoms with Gasteiger partial charge in [-0.1, -0.05) is 58.6 Å². The third kappa shape index (κ3) is 3.56. The maximum Gasteiger partial charge on any atom is 0.130 e. The molecule has 0 radical (unpaired) electrons. The largest absolute Gasteiger partial charge is 0.393 e. The summed E-state index contributed by atoms with van der Waals surface area (Å²) in [5.41, 5.74) is 1.51. The lowest BCUT2D eigenvalue weighted by Gasteiger charge is -2.57. The second-order valence-electron chi connectivity index (χ2n) is 11.9. The fourth-order valence-corrected chi connectivity index (χ4v) is 8.59. The van der Waals surface area contributed by atoms with E-state index in [2.05, 4.69) is 33.8 Å². The van der Waals surface area contributed by atoms with Crippen LogP contribution in [0.2, 0.25) is 0 Å². The highest BCUT2D eigenvalue weighted by Crippen LogP contribution is 2.67. The summed E-state index contributed by atoms with van der Waals surface area (Å²) in [5.74, 6) is 4.53. The smallest absolute Gasteiger partial charge is 0.130 e. The van der Waals surface area contributed by atoms with Crippen LogP contribution in [0.4, 0.5) is 0 Å². The highest BCUT2D eigenvalue weighted by molar-refractivity contribution is 5.67. The van der Waals surface area contributed by atoms with E-state index in [1.807, 2.05) is 0 Å². The Balaban J connectivity index is 1.52. The Bertz CT molecular complexity index is 636. The van der Waals surface area contributed by atoms with E-state index >= 15 is 0 Å². The van der Waals surface area contributed by atoms with Gasteiger partial charge in [-0.2, -0.15) is 0 Å². The second-order valence-corrected chi connectivity index (χ2v) is 11.9. The molecule has 2 heteroatoms. The first kappa shape index (κ1) is 21.6. The van der Waals surface area contributed by atoms with E-state index in [1.165, 1.54) is 56.8 Å². The van der Waals surface area contributed by atoms with Crippen LogP contribution in [0.1, 0.15) is 98.3 Å². The maximum absolute atomic E-state index is 12.5. The molecule has 0 aromatic carbocycles. The van der Waals surface area contributed by atoms with Crippen molar-refractivity contribution in [1.29, 1.82) is 0 Å². The molecule has 0 spiro atoms. The number of hydrogen-bond acceptors (Lipinski definition) is 2. The molecule has 0 bridgehead atoms. The van der Waals surface area contributed by atoms with Gasteiger partial charge in [0.2, 0.25) is 0 Å². The Morgan fingerprint density at radius 2 is 1.90 bits per heavy atom. The Hall–Kier alpha value is -0.630. The number of aliphatic hydroxyl groups excluding tert-OH is 1. The van der Waals surface area contributed by atoms with Crippen molar-refractivity contribution < 1.29 is 9.90 Å². The molecule has 29 heavy (non-hydrogen) atoms. The monoisotopic (exact) mass is 400 g/mol. The number of hydrogen-bond donors (Lipinski definition) is 1. The van der Waals surface area contributed by atoms with Crippen LogP contribution >= 0.6 is 0 Å². The molecular weight excluding hydrogens is 356 g/mol. The lowest BCUT2D eigenvalue weighted by atomic mass is 9.46. The number of carbonyl (C=O) groups excluding carboxylic acids is 1. The van der Waals surface area contributed by atoms with Gasteiger partial charge in [0.25, 0.3) is 0 Å². The summed E-state index contributed by atoms with van der Waals surface area (Å²) in [5, 5.41) is 10.2. The van der Waals surface area contributed by atoms with Crippen LogP contribution < -0.4 is 0 Å². The number of rotatable bonds is 6. The summed E-state index contributed by atoms with van der Waals surface area (Å²) in [6, 6.07) is 0. The first-order valence-corrected chi connectivity index (χ1v) is 12.7. The first-order chi connectivity index (χ1) is 13.8. The number of aliphatic hydroxyl groups is 1. The predicted octanol–water partition coefficient (Wildman–Crippen LogP) is 6.57. The molecule has 8 atom stereocenters. The van der Waals surface area contributed by atoms with Crippen molar-refractivity contribution in [2.24, 2.45) is 46.3 Å². The normalized spacial score (nSPS) is 45.2. The maximum atomic E-state index is 12.5. The van der Waals surface area contributed by atoms with Crippen LogP contribution in [0.25, 0.3) is 0 Å². The van der Waals surface area contributed by atoms with Gasteiger partial charge in [-0.3, -0.25) is 0 Å². The van der Waals surface area contributed by atoms with Crippen LogP contribution in [0.15, 0.2) is 11.6 Å². The first-order valence-electron chi connectivity index (χ1n) is 12.7. The Labute approximate surface area is 178 Å². The molecule has 6 unspecified atom stereocenters. The van der Waals surface area contributed by atoms with E-state index < -0.39 is 0 Å². The standard InChI is InChI=1S/C27H44O2/c1-18(2)6-5-7-19(3)23-10-11-24-22-9-8-20-16-21(29)12-15-27(20,17-28)25(22)13-14-26(23,24)4/h8,17-19,21-25,29H,5-7,9-16H2,1-4H3/t19?,21?,22?,23?,24?,25?,26-,27-/m1/s1. The van der Waals surface area contributed by atoms with Crippen molar-refractivity contribution in [2.75, 3.05) is 0 Å². The predicted molar refractivity (Wildman–Crippen MR) is 119 cm³/mol. The van der Waals surface area contributed by atoms with Gasteiger partial charge < -0.3 is 9.90 Å². The molecule has 164 valence electrons. The molecule has 0 amide bonds. The van der Waals surface area contributed by atoms with Crippen molar-refractivity contribution in [1.82, 2.24) is 0 Å². The van der Waals surface area contributed by atoms with Crippen molar-refractivity contribution in [3.8, 4) is 0 Å². The van der Waals surface area contributed by atoms with Crippen LogP contribution in [0, 0.1) is 46.3 Å². The molecule has 3 fully saturated rings. The van der Waals surface area contributed by atoms with Gasteiger partial charge in [-0.25, -0.2) is 0 Å². The quantitative estimate of drug-likeness (QED) is 0.404. The van der Waals surface area contributed by atoms with Gasteiger partial charge in [0.15, 0.2) is 0 Å². The number of allylic oxidation sites excluding steroid dienone is 1. The van der Waals surface area contributed by atoms with Gasteiger partial charge in [-0.15, -0.1) is 0 Å². The summed E-state index contributed by atoms with van der Waals surface area (Å²) in [6.07, 6.45) is 16.5. The fraction of sp³-hybridized carbons (Fsp3) is 0.889. The molecule has 2 nitrogen and oxygen atoms in total. The molecule has 3 saturated carbocycles. The Morgan fingerprint density at radius 3 is 2.62 bits per heavy atom. The Kier molecular flexibility index (Phi) is 6.06. The van der Waals surface area contributed by atoms with Crippen LogP contribution in [-0.2, 0) is 4.79 Å². The summed E-state index contributed by atoms with van der Waals surface area (Å²) in [6.45, 7) is 9.83. The lowest BCUT2D eigenvalue weighted by Crippen LogP contribution is -2.52. The zero-order valence-electron chi connectivity index (χ0n) is 19.3. The van der Waals surface area contributed by atoms with Crippen LogP contribution in [-0.4, -0.2) is 17.5 Å². The molecule has 4 aliphatic rings. The summed E-state index contributed by atoms with van der Waals surface area (Å²) < 4.78 is 0. The fourth-order valence-electron chi connectivity index (χ4n) is 8.59. The van der Waals surface area contributed by atoms with E-state index in [0.29, 0.717) is 17.3 Å². The van der Waals surface area contributed by atoms with Crippen LogP contribution in [0.3, 0.4) is 0 Å². The molecule has 4 aliphatic carbocycles. The van der Waals surface area contributed by atoms with Crippen molar-refractivity contribution in [2.45, 2.75) is 104 Å². The van der Waals surface area contributed by atoms with E-state index in [4.69, 9.17) is 0 Å². The van der Waals surface area contributed by atoms with Gasteiger partial charge in [-0.05, 0) is 92.3 Å². The van der Waals surface area contributed by atoms with Crippen molar-refractivity contribution in [3.05, 3.63) is 11.6 Å². The van der Waals surface area contributed by atoms with Gasteiger partial charge in [0.05, 0.1) is 11.5 Å². The highest BCUT2D eigenvalue weighted by Gasteiger charge is 2.60. The molecule has 0 aromatic heterocycles. The number of aldehydes is 1. The molecule has 0 aliphatic heterocycles. The van der Waals surface area contributed by atoms with Gasteiger partial charge in [0.1, 0.15) is 6.29 Å². The van der Waals surface area contributed by atoms with Gasteiger partial charge >= 0.3 is 0 Å². The SMILES string of the molecule is CC(C)CCCC(C)C1CCC2C3CC=C4CC(O)CC[C@]4(C=O)C3CC[C@]12C. The van der Waals surface area contributed by atoms with E-state index in [1.54, 1.807) is 0 Å². The van der Waals surface area contributed by atoms with Crippen molar-refractivity contribution >= 4 is 6.29 Å². The Morgan fingerprint density at radius 1 is 1.10 bits per heavy atom. The zero-order valence-corrected chi connectivity index (χ0v) is 19.3. The average Bonchev–Trinajstić information content (AvgIpc) is 3.04. The molecule has 0 saturated heterocycles. The third-order valence-corrected chi connectivity index (χ3v) is 10.1. The molecule has 0 heterocycles. The number of carbonyl (C=O) groups is 1. The van der Waals surface area contributed by atoms with Crippen molar-refractivity contribution in [3.63, 3.8) is 0 Å². The van der Waals surface area contributed by atoms with E-state index in [-0.39, 0.29) is 11.5 Å². The summed E-state index contributed by atoms with van der Waals surface area (Å²) >= 11 is 0. The summed E-state index contributed by atoms with van der Waals surface area (Å²) in [4.78, 5) is 12.5. The lowest BCUT2D eigenvalue weighted by molar-refractivity contribution is -0.127. The zero-order chi connectivity index (χ0) is 20.8.